The topological polar surface area (TPSA) is 103 Å². The van der Waals surface area contributed by atoms with Gasteiger partial charge in [0.25, 0.3) is 5.91 Å². The maximum atomic E-state index is 13.7. The highest BCUT2D eigenvalue weighted by Gasteiger charge is 2.42. The van der Waals surface area contributed by atoms with Gasteiger partial charge in [0, 0.05) is 6.54 Å². The average molecular weight is 340 g/mol. The molecule has 4 heterocycles. The lowest BCUT2D eigenvalue weighted by Gasteiger charge is -2.39. The molecule has 1 fully saturated rings. The summed E-state index contributed by atoms with van der Waals surface area (Å²) in [5.41, 5.74) is 7.79. The first-order valence-electron chi connectivity index (χ1n) is 7.88. The van der Waals surface area contributed by atoms with E-state index in [1.54, 1.807) is 17.3 Å². The first kappa shape index (κ1) is 14.3. The number of hydrogen-bond donors (Lipinski definition) is 1. The van der Waals surface area contributed by atoms with Crippen LogP contribution in [0.15, 0.2) is 29.0 Å². The molecule has 1 amide bonds. The summed E-state index contributed by atoms with van der Waals surface area (Å²) in [6, 6.07) is 4.03. The fourth-order valence-corrected chi connectivity index (χ4v) is 3.43. The zero-order valence-electron chi connectivity index (χ0n) is 13.0. The van der Waals surface area contributed by atoms with Crippen LogP contribution in [0.5, 0.6) is 0 Å². The monoisotopic (exact) mass is 340 g/mol. The van der Waals surface area contributed by atoms with Crippen LogP contribution >= 0.6 is 0 Å². The second-order valence-electron chi connectivity index (χ2n) is 6.03. The van der Waals surface area contributed by atoms with Crippen LogP contribution < -0.4 is 5.73 Å². The van der Waals surface area contributed by atoms with Crippen LogP contribution in [0.3, 0.4) is 0 Å². The lowest BCUT2D eigenvalue weighted by atomic mass is 9.97. The number of halogens is 1. The van der Waals surface area contributed by atoms with E-state index in [0.717, 1.165) is 12.1 Å². The van der Waals surface area contributed by atoms with Crippen molar-refractivity contribution < 1.29 is 13.7 Å². The summed E-state index contributed by atoms with van der Waals surface area (Å²) in [5.74, 6) is 0.0170. The van der Waals surface area contributed by atoms with Gasteiger partial charge in [-0.15, -0.1) is 0 Å². The summed E-state index contributed by atoms with van der Waals surface area (Å²) in [4.78, 5) is 23.2. The number of nitrogens with two attached hydrogens (primary N) is 1. The normalized spacial score (nSPS) is 18.2. The van der Waals surface area contributed by atoms with Crippen LogP contribution in [0.2, 0.25) is 0 Å². The number of aromatic nitrogens is 4. The van der Waals surface area contributed by atoms with Crippen molar-refractivity contribution in [2.24, 2.45) is 5.73 Å². The van der Waals surface area contributed by atoms with Gasteiger partial charge in [0.2, 0.25) is 11.7 Å². The first-order chi connectivity index (χ1) is 12.2. The predicted molar refractivity (Wildman–Crippen MR) is 83.1 cm³/mol. The van der Waals surface area contributed by atoms with E-state index < -0.39 is 5.82 Å². The summed E-state index contributed by atoms with van der Waals surface area (Å²) in [5, 5.41) is 3.94. The summed E-state index contributed by atoms with van der Waals surface area (Å²) >= 11 is 0. The summed E-state index contributed by atoms with van der Waals surface area (Å²) < 4.78 is 20.6. The molecule has 0 unspecified atom stereocenters. The molecule has 2 aliphatic rings. The maximum Gasteiger partial charge on any atom is 0.256 e. The molecule has 1 aromatic carbocycles. The highest BCUT2D eigenvalue weighted by Crippen LogP contribution is 2.43. The largest absolute Gasteiger partial charge is 0.338 e. The molecule has 3 aromatic rings. The molecule has 1 atom stereocenters. The van der Waals surface area contributed by atoms with Crippen molar-refractivity contribution in [1.29, 1.82) is 0 Å². The van der Waals surface area contributed by atoms with E-state index in [-0.39, 0.29) is 18.5 Å². The Kier molecular flexibility index (Phi) is 2.84. The van der Waals surface area contributed by atoms with Gasteiger partial charge in [-0.25, -0.2) is 9.37 Å². The minimum Gasteiger partial charge on any atom is -0.338 e. The van der Waals surface area contributed by atoms with Gasteiger partial charge in [-0.2, -0.15) is 4.98 Å². The van der Waals surface area contributed by atoms with Crippen LogP contribution in [-0.2, 0) is 6.54 Å². The van der Waals surface area contributed by atoms with Crippen LogP contribution in [0, 0.1) is 5.82 Å². The zero-order valence-corrected chi connectivity index (χ0v) is 13.0. The lowest BCUT2D eigenvalue weighted by Crippen LogP contribution is -2.44. The molecule has 8 nitrogen and oxygen atoms in total. The summed E-state index contributed by atoms with van der Waals surface area (Å²) in [7, 11) is 0. The average Bonchev–Trinajstić information content (AvgIpc) is 3.19. The number of fused-ring (bicyclic) bond motifs is 5. The van der Waals surface area contributed by atoms with Crippen LogP contribution in [0.1, 0.15) is 34.4 Å². The van der Waals surface area contributed by atoms with Gasteiger partial charge in [-0.05, 0) is 24.6 Å². The number of carbonyl (C=O) groups is 1. The van der Waals surface area contributed by atoms with E-state index >= 15 is 0 Å². The van der Waals surface area contributed by atoms with Gasteiger partial charge < -0.3 is 15.2 Å². The Morgan fingerprint density at radius 3 is 3.00 bits per heavy atom. The van der Waals surface area contributed by atoms with E-state index in [1.165, 1.54) is 12.1 Å². The van der Waals surface area contributed by atoms with Gasteiger partial charge in [-0.3, -0.25) is 9.36 Å². The highest BCUT2D eigenvalue weighted by molar-refractivity contribution is 5.99. The maximum absolute atomic E-state index is 13.7. The van der Waals surface area contributed by atoms with Crippen LogP contribution in [0.4, 0.5) is 4.39 Å². The summed E-state index contributed by atoms with van der Waals surface area (Å²) in [6.45, 7) is 0.754. The van der Waals surface area contributed by atoms with E-state index in [0.29, 0.717) is 35.2 Å². The Balaban J connectivity index is 1.75. The molecule has 0 spiro atoms. The standard InChI is InChI=1S/C16H13FN6O2/c17-8-1-2-10-9(5-8)16(24)22-4-3-11(22)14-13(19-7-23(10)14)15-20-12(6-18)25-21-15/h1-2,5,7,11H,3-4,6,18H2/t11-/m0/s1. The van der Waals surface area contributed by atoms with Crippen LogP contribution in [-0.4, -0.2) is 37.0 Å². The molecule has 1 saturated heterocycles. The number of amides is 1. The van der Waals surface area contributed by atoms with Crippen molar-refractivity contribution >= 4 is 5.91 Å². The molecule has 2 aliphatic heterocycles. The Hall–Kier alpha value is -3.07. The minimum absolute atomic E-state index is 0.138. The van der Waals surface area contributed by atoms with Gasteiger partial charge in [-0.1, -0.05) is 5.16 Å². The molecular formula is C16H13FN6O2. The molecule has 9 heteroatoms. The Bertz CT molecular complexity index is 1010. The third kappa shape index (κ3) is 1.89. The molecule has 2 N–H and O–H groups in total. The second-order valence-corrected chi connectivity index (χ2v) is 6.03. The number of carbonyl (C=O) groups excluding carboxylic acids is 1. The Labute approximate surface area is 141 Å². The van der Waals surface area contributed by atoms with Crippen molar-refractivity contribution in [3.05, 3.63) is 47.5 Å². The van der Waals surface area contributed by atoms with Crippen molar-refractivity contribution in [1.82, 2.24) is 24.6 Å². The molecule has 126 valence electrons. The molecule has 5 rings (SSSR count). The third-order valence-corrected chi connectivity index (χ3v) is 4.70. The fraction of sp³-hybridized carbons (Fsp3) is 0.250. The van der Waals surface area contributed by atoms with Crippen molar-refractivity contribution in [2.75, 3.05) is 6.54 Å². The van der Waals surface area contributed by atoms with Crippen LogP contribution in [0.25, 0.3) is 17.2 Å². The molecule has 2 aromatic heterocycles. The van der Waals surface area contributed by atoms with Crippen molar-refractivity contribution in [2.45, 2.75) is 19.0 Å². The fourth-order valence-electron chi connectivity index (χ4n) is 3.43. The van der Waals surface area contributed by atoms with E-state index in [4.69, 9.17) is 10.3 Å². The molecule has 0 aliphatic carbocycles. The van der Waals surface area contributed by atoms with Crippen molar-refractivity contribution in [3.8, 4) is 17.2 Å². The third-order valence-electron chi connectivity index (χ3n) is 4.70. The SMILES string of the molecule is NCc1nc(-c2ncn3c2[C@@H]2CCN2C(=O)c2cc(F)ccc2-3)no1. The van der Waals surface area contributed by atoms with Gasteiger partial charge >= 0.3 is 0 Å². The van der Waals surface area contributed by atoms with Gasteiger partial charge in [0.05, 0.1) is 29.5 Å². The predicted octanol–water partition coefficient (Wildman–Crippen LogP) is 1.42. The number of rotatable bonds is 2. The molecule has 0 radical (unpaired) electrons. The quantitative estimate of drug-likeness (QED) is 0.757. The number of imidazole rings is 1. The highest BCUT2D eigenvalue weighted by atomic mass is 19.1. The van der Waals surface area contributed by atoms with E-state index in [9.17, 15) is 9.18 Å². The number of hydrogen-bond acceptors (Lipinski definition) is 6. The van der Waals surface area contributed by atoms with Gasteiger partial charge in [0.15, 0.2) is 0 Å². The van der Waals surface area contributed by atoms with Gasteiger partial charge in [0.1, 0.15) is 17.8 Å². The lowest BCUT2D eigenvalue weighted by molar-refractivity contribution is 0.0461. The second kappa shape index (κ2) is 4.96. The molecular weight excluding hydrogens is 327 g/mol. The summed E-state index contributed by atoms with van der Waals surface area (Å²) in [6.07, 6.45) is 2.40. The zero-order chi connectivity index (χ0) is 17.1. The van der Waals surface area contributed by atoms with E-state index in [2.05, 4.69) is 15.1 Å². The first-order valence-corrected chi connectivity index (χ1v) is 7.88. The smallest absolute Gasteiger partial charge is 0.256 e. The minimum atomic E-state index is -0.446. The Morgan fingerprint density at radius 2 is 2.28 bits per heavy atom. The number of nitrogens with zero attached hydrogens (tertiary/aromatic N) is 5. The Morgan fingerprint density at radius 1 is 1.40 bits per heavy atom. The van der Waals surface area contributed by atoms with E-state index in [1.807, 2.05) is 4.57 Å². The molecule has 0 saturated carbocycles. The number of benzene rings is 1. The molecule has 25 heavy (non-hydrogen) atoms. The van der Waals surface area contributed by atoms with Crippen molar-refractivity contribution in [3.63, 3.8) is 0 Å². The molecule has 0 bridgehead atoms.